The lowest BCUT2D eigenvalue weighted by Crippen LogP contribution is -2.13. The van der Waals surface area contributed by atoms with Crippen molar-refractivity contribution in [1.29, 1.82) is 0 Å². The molecule has 0 saturated carbocycles. The van der Waals surface area contributed by atoms with E-state index in [9.17, 15) is 4.39 Å². The first-order valence-electron chi connectivity index (χ1n) is 5.86. The number of halogens is 3. The summed E-state index contributed by atoms with van der Waals surface area (Å²) in [6.07, 6.45) is 0. The van der Waals surface area contributed by atoms with E-state index in [0.717, 1.165) is 0 Å². The van der Waals surface area contributed by atoms with Crippen molar-refractivity contribution in [3.63, 3.8) is 0 Å². The quantitative estimate of drug-likeness (QED) is 0.388. The first-order valence-corrected chi connectivity index (χ1v) is 6.61. The maximum Gasteiger partial charge on any atom is 0.171 e. The van der Waals surface area contributed by atoms with Gasteiger partial charge in [0.05, 0.1) is 10.0 Å². The molecule has 0 fully saturated rings. The fraction of sp³-hybridized carbons (Fsp3) is 0.0714. The van der Waals surface area contributed by atoms with Gasteiger partial charge in [0.1, 0.15) is 18.2 Å². The summed E-state index contributed by atoms with van der Waals surface area (Å²) in [7, 11) is 0. The highest BCUT2D eigenvalue weighted by atomic mass is 35.5. The number of benzene rings is 2. The molecule has 0 aliphatic rings. The average Bonchev–Trinajstić information content (AvgIpc) is 2.48. The molecular weight excluding hydrogens is 318 g/mol. The summed E-state index contributed by atoms with van der Waals surface area (Å²) >= 11 is 11.8. The molecular formula is C14H11Cl2FN2O2. The second-order valence-electron chi connectivity index (χ2n) is 4.13. The van der Waals surface area contributed by atoms with E-state index in [1.54, 1.807) is 24.3 Å². The lowest BCUT2D eigenvalue weighted by atomic mass is 10.2. The highest BCUT2D eigenvalue weighted by Gasteiger charge is 2.09. The first kappa shape index (κ1) is 15.4. The van der Waals surface area contributed by atoms with Gasteiger partial charge in [0, 0.05) is 11.1 Å². The van der Waals surface area contributed by atoms with E-state index < -0.39 is 5.82 Å². The topological polar surface area (TPSA) is 67.8 Å². The van der Waals surface area contributed by atoms with Crippen molar-refractivity contribution in [2.24, 2.45) is 10.9 Å². The number of rotatable bonds is 4. The number of nitrogens with zero attached hydrogens (tertiary/aromatic N) is 1. The van der Waals surface area contributed by atoms with E-state index in [1.807, 2.05) is 0 Å². The monoisotopic (exact) mass is 328 g/mol. The van der Waals surface area contributed by atoms with E-state index in [-0.39, 0.29) is 22.5 Å². The summed E-state index contributed by atoms with van der Waals surface area (Å²) in [5.41, 5.74) is 6.37. The molecule has 21 heavy (non-hydrogen) atoms. The molecule has 0 aromatic heterocycles. The van der Waals surface area contributed by atoms with Crippen LogP contribution in [0.2, 0.25) is 10.0 Å². The van der Waals surface area contributed by atoms with Crippen molar-refractivity contribution in [1.82, 2.24) is 0 Å². The number of oxime groups is 1. The number of amidine groups is 1. The highest BCUT2D eigenvalue weighted by molar-refractivity contribution is 6.34. The fourth-order valence-electron chi connectivity index (χ4n) is 1.67. The van der Waals surface area contributed by atoms with E-state index in [2.05, 4.69) is 5.16 Å². The Morgan fingerprint density at radius 3 is 2.71 bits per heavy atom. The molecule has 2 aromatic carbocycles. The standard InChI is InChI=1S/C14H11Cl2FN2O2/c15-11-6-9(4-5-10(11)14(18)19-20)21-7-8-2-1-3-12(17)13(8)16/h1-6,20H,7H2,(H2,18,19). The molecule has 0 aliphatic heterocycles. The van der Waals surface area contributed by atoms with Crippen LogP contribution in [0.5, 0.6) is 5.75 Å². The largest absolute Gasteiger partial charge is 0.489 e. The molecule has 0 spiro atoms. The Morgan fingerprint density at radius 1 is 1.29 bits per heavy atom. The fourth-order valence-corrected chi connectivity index (χ4v) is 2.12. The zero-order valence-corrected chi connectivity index (χ0v) is 12.2. The van der Waals surface area contributed by atoms with Gasteiger partial charge in [-0.2, -0.15) is 0 Å². The van der Waals surface area contributed by atoms with Gasteiger partial charge in [0.15, 0.2) is 5.84 Å². The summed E-state index contributed by atoms with van der Waals surface area (Å²) < 4.78 is 18.8. The molecule has 7 heteroatoms. The third-order valence-corrected chi connectivity index (χ3v) is 3.49. The molecule has 2 rings (SSSR count). The number of hydrogen-bond acceptors (Lipinski definition) is 3. The smallest absolute Gasteiger partial charge is 0.171 e. The molecule has 4 nitrogen and oxygen atoms in total. The van der Waals surface area contributed by atoms with Gasteiger partial charge >= 0.3 is 0 Å². The lowest BCUT2D eigenvalue weighted by Gasteiger charge is -2.10. The van der Waals surface area contributed by atoms with Gasteiger partial charge in [-0.05, 0) is 24.3 Å². The van der Waals surface area contributed by atoms with Crippen LogP contribution in [0.1, 0.15) is 11.1 Å². The highest BCUT2D eigenvalue weighted by Crippen LogP contribution is 2.25. The van der Waals surface area contributed by atoms with Crippen molar-refractivity contribution < 1.29 is 14.3 Å². The van der Waals surface area contributed by atoms with E-state index >= 15 is 0 Å². The molecule has 0 amide bonds. The summed E-state index contributed by atoms with van der Waals surface area (Å²) in [6.45, 7) is 0.0931. The van der Waals surface area contributed by atoms with E-state index in [4.69, 9.17) is 38.9 Å². The molecule has 0 bridgehead atoms. The minimum atomic E-state index is -0.502. The predicted octanol–water partition coefficient (Wildman–Crippen LogP) is 3.81. The predicted molar refractivity (Wildman–Crippen MR) is 79.7 cm³/mol. The van der Waals surface area contributed by atoms with Crippen LogP contribution in [-0.2, 0) is 6.61 Å². The summed E-state index contributed by atoms with van der Waals surface area (Å²) in [5.74, 6) is -0.146. The second kappa shape index (κ2) is 6.65. The Balaban J connectivity index is 2.14. The Morgan fingerprint density at radius 2 is 2.05 bits per heavy atom. The Labute approximate surface area is 130 Å². The Kier molecular flexibility index (Phi) is 4.88. The van der Waals surface area contributed by atoms with Crippen molar-refractivity contribution in [2.45, 2.75) is 6.61 Å². The number of nitrogens with two attached hydrogens (primary N) is 1. The molecule has 0 radical (unpaired) electrons. The van der Waals surface area contributed by atoms with Crippen molar-refractivity contribution in [3.8, 4) is 5.75 Å². The molecule has 0 unspecified atom stereocenters. The van der Waals surface area contributed by atoms with E-state index in [0.29, 0.717) is 16.9 Å². The van der Waals surface area contributed by atoms with Crippen molar-refractivity contribution >= 4 is 29.0 Å². The Bertz CT molecular complexity index is 693. The average molecular weight is 329 g/mol. The van der Waals surface area contributed by atoms with Crippen LogP contribution in [0.4, 0.5) is 4.39 Å². The van der Waals surface area contributed by atoms with Crippen LogP contribution >= 0.6 is 23.2 Å². The minimum absolute atomic E-state index is 0.0249. The van der Waals surface area contributed by atoms with Gasteiger partial charge < -0.3 is 15.7 Å². The van der Waals surface area contributed by atoms with Crippen LogP contribution in [-0.4, -0.2) is 11.0 Å². The molecule has 110 valence electrons. The zero-order valence-electron chi connectivity index (χ0n) is 10.7. The van der Waals surface area contributed by atoms with Crippen LogP contribution in [0.3, 0.4) is 0 Å². The van der Waals surface area contributed by atoms with Crippen LogP contribution < -0.4 is 10.5 Å². The van der Waals surface area contributed by atoms with Crippen molar-refractivity contribution in [3.05, 3.63) is 63.4 Å². The maximum atomic E-state index is 13.3. The summed E-state index contributed by atoms with van der Waals surface area (Å²) in [5, 5.41) is 11.8. The van der Waals surface area contributed by atoms with Gasteiger partial charge in [-0.1, -0.05) is 40.5 Å². The third kappa shape index (κ3) is 3.56. The van der Waals surface area contributed by atoms with Gasteiger partial charge in [-0.15, -0.1) is 0 Å². The molecule has 2 aromatic rings. The minimum Gasteiger partial charge on any atom is -0.489 e. The van der Waals surface area contributed by atoms with E-state index in [1.165, 1.54) is 12.1 Å². The maximum absolute atomic E-state index is 13.3. The van der Waals surface area contributed by atoms with Gasteiger partial charge in [-0.25, -0.2) is 4.39 Å². The lowest BCUT2D eigenvalue weighted by molar-refractivity contribution is 0.305. The Hall–Kier alpha value is -1.98. The molecule has 3 N–H and O–H groups in total. The molecule has 0 atom stereocenters. The van der Waals surface area contributed by atoms with Crippen LogP contribution in [0.15, 0.2) is 41.6 Å². The number of ether oxygens (including phenoxy) is 1. The van der Waals surface area contributed by atoms with Gasteiger partial charge in [0.25, 0.3) is 0 Å². The second-order valence-corrected chi connectivity index (χ2v) is 4.91. The third-order valence-electron chi connectivity index (χ3n) is 2.75. The number of hydrogen-bond donors (Lipinski definition) is 2. The van der Waals surface area contributed by atoms with Crippen LogP contribution in [0.25, 0.3) is 0 Å². The molecule has 0 saturated heterocycles. The SMILES string of the molecule is N/C(=N/O)c1ccc(OCc2cccc(F)c2Cl)cc1Cl. The normalized spacial score (nSPS) is 11.5. The van der Waals surface area contributed by atoms with Crippen molar-refractivity contribution in [2.75, 3.05) is 0 Å². The first-order chi connectivity index (χ1) is 10.0. The van der Waals surface area contributed by atoms with Gasteiger partial charge in [0.2, 0.25) is 0 Å². The molecule has 0 heterocycles. The zero-order chi connectivity index (χ0) is 15.4. The summed E-state index contributed by atoms with van der Waals surface area (Å²) in [4.78, 5) is 0. The molecule has 0 aliphatic carbocycles. The summed E-state index contributed by atoms with van der Waals surface area (Å²) in [6, 6.07) is 9.16. The van der Waals surface area contributed by atoms with Crippen LogP contribution in [0, 0.1) is 5.82 Å². The van der Waals surface area contributed by atoms with Gasteiger partial charge in [-0.3, -0.25) is 0 Å².